The van der Waals surface area contributed by atoms with Crippen LogP contribution >= 0.6 is 0 Å². The lowest BCUT2D eigenvalue weighted by Crippen LogP contribution is -2.08. The maximum Gasteiger partial charge on any atom is 0.226 e. The van der Waals surface area contributed by atoms with E-state index in [0.29, 0.717) is 11.3 Å². The third kappa shape index (κ3) is 4.54. The Morgan fingerprint density at radius 3 is 2.44 bits per heavy atom. The van der Waals surface area contributed by atoms with E-state index in [0.717, 1.165) is 16.7 Å². The zero-order valence-electron chi connectivity index (χ0n) is 14.0. The molecule has 3 rings (SSSR count). The van der Waals surface area contributed by atoms with Gasteiger partial charge in [-0.15, -0.1) is 0 Å². The average Bonchev–Trinajstić information content (AvgIpc) is 2.93. The van der Waals surface area contributed by atoms with E-state index in [1.807, 2.05) is 32.0 Å². The molecule has 3 aromatic rings. The van der Waals surface area contributed by atoms with E-state index >= 15 is 0 Å². The Labute approximate surface area is 146 Å². The van der Waals surface area contributed by atoms with E-state index in [9.17, 15) is 12.8 Å². The second-order valence-corrected chi connectivity index (χ2v) is 8.25. The Morgan fingerprint density at radius 2 is 1.76 bits per heavy atom. The molecule has 25 heavy (non-hydrogen) atoms. The highest BCUT2D eigenvalue weighted by molar-refractivity contribution is 7.89. The first kappa shape index (κ1) is 17.4. The highest BCUT2D eigenvalue weighted by Gasteiger charge is 2.17. The van der Waals surface area contributed by atoms with Crippen LogP contribution in [-0.4, -0.2) is 13.4 Å². The molecule has 0 saturated carbocycles. The van der Waals surface area contributed by atoms with E-state index in [4.69, 9.17) is 4.42 Å². The Balaban J connectivity index is 1.77. The van der Waals surface area contributed by atoms with E-state index in [-0.39, 0.29) is 17.4 Å². The summed E-state index contributed by atoms with van der Waals surface area (Å²) in [6.45, 7) is 3.87. The van der Waals surface area contributed by atoms with Crippen LogP contribution in [0.2, 0.25) is 0 Å². The lowest BCUT2D eigenvalue weighted by molar-refractivity contribution is 0.570. The Bertz CT molecular complexity index is 989. The quantitative estimate of drug-likeness (QED) is 0.684. The molecule has 0 atom stereocenters. The van der Waals surface area contributed by atoms with Crippen molar-refractivity contribution in [3.8, 4) is 11.5 Å². The normalized spacial score (nSPS) is 11.6. The van der Waals surface area contributed by atoms with Crippen molar-refractivity contribution in [2.24, 2.45) is 0 Å². The molecule has 0 spiro atoms. The molecule has 0 amide bonds. The van der Waals surface area contributed by atoms with Crippen molar-refractivity contribution in [2.75, 3.05) is 0 Å². The van der Waals surface area contributed by atoms with Crippen LogP contribution in [0.3, 0.4) is 0 Å². The fraction of sp³-hybridized carbons (Fsp3) is 0.211. The summed E-state index contributed by atoms with van der Waals surface area (Å²) in [5, 5.41) is 0. The molecule has 0 fully saturated rings. The highest BCUT2D eigenvalue weighted by Crippen LogP contribution is 2.21. The number of nitrogens with zero attached hydrogens (tertiary/aromatic N) is 1. The summed E-state index contributed by atoms with van der Waals surface area (Å²) in [6, 6.07) is 11.5. The van der Waals surface area contributed by atoms with Crippen molar-refractivity contribution in [3.05, 3.63) is 76.9 Å². The minimum Gasteiger partial charge on any atom is -0.444 e. The molecule has 1 aromatic heterocycles. The summed E-state index contributed by atoms with van der Waals surface area (Å²) in [7, 11) is -3.39. The third-order valence-corrected chi connectivity index (χ3v) is 5.17. The molecule has 0 aliphatic carbocycles. The van der Waals surface area contributed by atoms with Gasteiger partial charge in [0.25, 0.3) is 0 Å². The average molecular weight is 359 g/mol. The van der Waals surface area contributed by atoms with Gasteiger partial charge in [-0.25, -0.2) is 17.8 Å². The SMILES string of the molecule is Cc1cc(C)cc(CS(=O)(=O)Cc2coc(-c3cccc(F)c3)n2)c1. The smallest absolute Gasteiger partial charge is 0.226 e. The number of benzene rings is 2. The molecule has 4 nitrogen and oxygen atoms in total. The van der Waals surface area contributed by atoms with Crippen LogP contribution in [0, 0.1) is 19.7 Å². The van der Waals surface area contributed by atoms with Gasteiger partial charge in [0.15, 0.2) is 9.84 Å². The molecule has 0 radical (unpaired) electrons. The first-order chi connectivity index (χ1) is 11.8. The van der Waals surface area contributed by atoms with Crippen molar-refractivity contribution in [2.45, 2.75) is 25.4 Å². The molecule has 130 valence electrons. The number of aromatic nitrogens is 1. The van der Waals surface area contributed by atoms with Crippen molar-refractivity contribution >= 4 is 9.84 Å². The lowest BCUT2D eigenvalue weighted by atomic mass is 10.1. The van der Waals surface area contributed by atoms with Crippen molar-refractivity contribution < 1.29 is 17.2 Å². The molecule has 1 heterocycles. The van der Waals surface area contributed by atoms with Crippen molar-refractivity contribution in [1.82, 2.24) is 4.98 Å². The maximum atomic E-state index is 13.3. The van der Waals surface area contributed by atoms with Gasteiger partial charge in [0, 0.05) is 5.56 Å². The monoisotopic (exact) mass is 359 g/mol. The maximum absolute atomic E-state index is 13.3. The fourth-order valence-electron chi connectivity index (χ4n) is 2.81. The van der Waals surface area contributed by atoms with Crippen LogP contribution in [-0.2, 0) is 21.3 Å². The topological polar surface area (TPSA) is 60.2 Å². The molecular weight excluding hydrogens is 341 g/mol. The largest absolute Gasteiger partial charge is 0.444 e. The molecule has 6 heteroatoms. The standard InChI is InChI=1S/C19H18FNO3S/c1-13-6-14(2)8-15(7-13)11-25(22,23)12-18-10-24-19(21-18)16-4-3-5-17(20)9-16/h3-10H,11-12H2,1-2H3. The number of rotatable bonds is 5. The van der Waals surface area contributed by atoms with Gasteiger partial charge in [-0.3, -0.25) is 0 Å². The molecule has 0 aliphatic heterocycles. The number of halogens is 1. The second kappa shape index (κ2) is 6.80. The van der Waals surface area contributed by atoms with Crippen LogP contribution in [0.4, 0.5) is 4.39 Å². The zero-order chi connectivity index (χ0) is 18.0. The first-order valence-corrected chi connectivity index (χ1v) is 9.61. The second-order valence-electron chi connectivity index (χ2n) is 6.18. The van der Waals surface area contributed by atoms with E-state index in [1.165, 1.54) is 18.4 Å². The zero-order valence-corrected chi connectivity index (χ0v) is 14.8. The summed E-state index contributed by atoms with van der Waals surface area (Å²) in [4.78, 5) is 4.17. The predicted molar refractivity (Wildman–Crippen MR) is 94.1 cm³/mol. The summed E-state index contributed by atoms with van der Waals surface area (Å²) in [6.07, 6.45) is 1.30. The Kier molecular flexibility index (Phi) is 4.72. The number of aryl methyl sites for hydroxylation is 2. The molecule has 0 aliphatic rings. The summed E-state index contributed by atoms with van der Waals surface area (Å²) in [5.41, 5.74) is 3.59. The van der Waals surface area contributed by atoms with Gasteiger partial charge in [-0.05, 0) is 37.6 Å². The van der Waals surface area contributed by atoms with Crippen molar-refractivity contribution in [3.63, 3.8) is 0 Å². The van der Waals surface area contributed by atoms with E-state index in [2.05, 4.69) is 4.98 Å². The number of sulfone groups is 1. The minimum atomic E-state index is -3.39. The first-order valence-electron chi connectivity index (χ1n) is 7.79. The van der Waals surface area contributed by atoms with Gasteiger partial charge >= 0.3 is 0 Å². The summed E-state index contributed by atoms with van der Waals surface area (Å²) >= 11 is 0. The van der Waals surface area contributed by atoms with Gasteiger partial charge < -0.3 is 4.42 Å². The number of oxazole rings is 1. The lowest BCUT2D eigenvalue weighted by Gasteiger charge is -2.05. The van der Waals surface area contributed by atoms with Gasteiger partial charge in [0.2, 0.25) is 5.89 Å². The fourth-order valence-corrected chi connectivity index (χ4v) is 4.17. The molecule has 0 bridgehead atoms. The van der Waals surface area contributed by atoms with Crippen LogP contribution in [0.1, 0.15) is 22.4 Å². The summed E-state index contributed by atoms with van der Waals surface area (Å²) in [5.74, 6) is -0.480. The predicted octanol–water partition coefficient (Wildman–Crippen LogP) is 4.21. The minimum absolute atomic E-state index is 0.0579. The molecule has 0 N–H and O–H groups in total. The van der Waals surface area contributed by atoms with Crippen LogP contribution in [0.5, 0.6) is 0 Å². The van der Waals surface area contributed by atoms with Crippen LogP contribution in [0.25, 0.3) is 11.5 Å². The number of hydrogen-bond donors (Lipinski definition) is 0. The third-order valence-electron chi connectivity index (χ3n) is 3.66. The van der Waals surface area contributed by atoms with E-state index in [1.54, 1.807) is 12.1 Å². The van der Waals surface area contributed by atoms with Crippen LogP contribution in [0.15, 0.2) is 53.1 Å². The summed E-state index contributed by atoms with van der Waals surface area (Å²) < 4.78 is 43.5. The molecule has 2 aromatic carbocycles. The Hall–Kier alpha value is -2.47. The van der Waals surface area contributed by atoms with Gasteiger partial charge in [0.1, 0.15) is 12.1 Å². The molecule has 0 saturated heterocycles. The van der Waals surface area contributed by atoms with Crippen molar-refractivity contribution in [1.29, 1.82) is 0 Å². The molecular formula is C19H18FNO3S. The van der Waals surface area contributed by atoms with Gasteiger partial charge in [0.05, 0.1) is 17.2 Å². The highest BCUT2D eigenvalue weighted by atomic mass is 32.2. The van der Waals surface area contributed by atoms with Gasteiger partial charge in [-0.2, -0.15) is 0 Å². The van der Waals surface area contributed by atoms with Crippen LogP contribution < -0.4 is 0 Å². The number of hydrogen-bond acceptors (Lipinski definition) is 4. The molecule has 0 unspecified atom stereocenters. The van der Waals surface area contributed by atoms with E-state index < -0.39 is 15.7 Å². The Morgan fingerprint density at radius 1 is 1.04 bits per heavy atom. The van der Waals surface area contributed by atoms with Gasteiger partial charge in [-0.1, -0.05) is 35.4 Å².